The molecule has 0 radical (unpaired) electrons. The van der Waals surface area contributed by atoms with Crippen LogP contribution in [0.5, 0.6) is 0 Å². The molecule has 0 aromatic rings. The summed E-state index contributed by atoms with van der Waals surface area (Å²) in [5.74, 6) is 0. The average Bonchev–Trinajstić information content (AvgIpc) is 0. The van der Waals surface area contributed by atoms with Gasteiger partial charge >= 0.3 is 37.7 Å². The van der Waals surface area contributed by atoms with Crippen LogP contribution in [-0.2, 0) is 0 Å². The van der Waals surface area contributed by atoms with Crippen LogP contribution >= 0.6 is 0 Å². The van der Waals surface area contributed by atoms with Crippen molar-refractivity contribution in [2.45, 2.75) is 0 Å². The Morgan fingerprint density at radius 2 is 0.500 bits per heavy atom. The first kappa shape index (κ1) is 67.8. The van der Waals surface area contributed by atoms with Crippen molar-refractivity contribution in [1.82, 2.24) is 0 Å². The predicted octanol–water partition coefficient (Wildman–Crippen LogP) is -3.39. The zero-order chi connectivity index (χ0) is 0. The standard InChI is InChI=1S/Ca.3H2O.2H/h;3*1H2;;. The van der Waals surface area contributed by atoms with Crippen molar-refractivity contribution < 1.29 is 16.4 Å². The molecule has 0 aliphatic rings. The van der Waals surface area contributed by atoms with Gasteiger partial charge < -0.3 is 16.4 Å². The molecule has 0 saturated carbocycles. The fourth-order valence-electron chi connectivity index (χ4n) is 0. The third-order valence-corrected chi connectivity index (χ3v) is 0. The van der Waals surface area contributed by atoms with Gasteiger partial charge in [-0.2, -0.15) is 0 Å². The van der Waals surface area contributed by atoms with Crippen LogP contribution in [0.1, 0.15) is 0 Å². The van der Waals surface area contributed by atoms with Gasteiger partial charge in [0.2, 0.25) is 0 Å². The summed E-state index contributed by atoms with van der Waals surface area (Å²) in [6.45, 7) is 0. The molecule has 0 atom stereocenters. The van der Waals surface area contributed by atoms with Crippen molar-refractivity contribution in [3.63, 3.8) is 0 Å². The Morgan fingerprint density at radius 3 is 0.500 bits per heavy atom. The minimum absolute atomic E-state index is 0. The van der Waals surface area contributed by atoms with Crippen molar-refractivity contribution >= 4 is 37.7 Å². The van der Waals surface area contributed by atoms with Crippen molar-refractivity contribution in [2.24, 2.45) is 0 Å². The number of hydrogen-bond acceptors (Lipinski definition) is 0. The molecule has 0 heterocycles. The predicted molar refractivity (Wildman–Crippen MR) is 19.4 cm³/mol. The van der Waals surface area contributed by atoms with Gasteiger partial charge in [0.25, 0.3) is 0 Å². The van der Waals surface area contributed by atoms with E-state index in [2.05, 4.69) is 0 Å². The van der Waals surface area contributed by atoms with Gasteiger partial charge in [0, 0.05) is 0 Å². The quantitative estimate of drug-likeness (QED) is 0.281. The van der Waals surface area contributed by atoms with Crippen LogP contribution in [0.25, 0.3) is 0 Å². The Labute approximate surface area is 53.9 Å². The summed E-state index contributed by atoms with van der Waals surface area (Å²) in [6, 6.07) is 0. The van der Waals surface area contributed by atoms with E-state index >= 15 is 0 Å². The number of rotatable bonds is 0. The SMILES string of the molecule is O.O.O.[CaH2]. The molecule has 0 aliphatic carbocycles. The van der Waals surface area contributed by atoms with Crippen LogP contribution in [-0.4, -0.2) is 54.2 Å². The van der Waals surface area contributed by atoms with E-state index in [9.17, 15) is 0 Å². The molecule has 0 aromatic carbocycles. The molecule has 0 rings (SSSR count). The third kappa shape index (κ3) is 11.1. The molecule has 3 nitrogen and oxygen atoms in total. The second-order valence-corrected chi connectivity index (χ2v) is 0. The first-order valence-electron chi connectivity index (χ1n) is 0. The van der Waals surface area contributed by atoms with Gasteiger partial charge in [-0.3, -0.25) is 0 Å². The van der Waals surface area contributed by atoms with Gasteiger partial charge in [-0.25, -0.2) is 0 Å². The van der Waals surface area contributed by atoms with Gasteiger partial charge in [-0.1, -0.05) is 0 Å². The summed E-state index contributed by atoms with van der Waals surface area (Å²) in [5, 5.41) is 0. The van der Waals surface area contributed by atoms with Gasteiger partial charge in [0.15, 0.2) is 0 Å². The van der Waals surface area contributed by atoms with E-state index in [1.807, 2.05) is 0 Å². The fraction of sp³-hybridized carbons (Fsp3) is 0. The Kier molecular flexibility index (Phi) is 533. The molecule has 0 spiro atoms. The zero-order valence-electron chi connectivity index (χ0n) is 1.50. The van der Waals surface area contributed by atoms with Crippen LogP contribution in [0, 0.1) is 0 Å². The molecule has 4 heavy (non-hydrogen) atoms. The second-order valence-electron chi connectivity index (χ2n) is 0. The fourth-order valence-corrected chi connectivity index (χ4v) is 0. The summed E-state index contributed by atoms with van der Waals surface area (Å²) in [4.78, 5) is 0. The monoisotopic (exact) mass is 96.0 g/mol. The molecular weight excluding hydrogens is 88.1 g/mol. The van der Waals surface area contributed by atoms with Crippen LogP contribution in [0.3, 0.4) is 0 Å². The molecule has 0 bridgehead atoms. The summed E-state index contributed by atoms with van der Waals surface area (Å²) in [6.07, 6.45) is 0. The molecule has 6 N–H and O–H groups in total. The average molecular weight is 96.1 g/mol. The van der Waals surface area contributed by atoms with Crippen LogP contribution in [0.15, 0.2) is 0 Å². The Hall–Kier alpha value is 1.14. The molecule has 0 aliphatic heterocycles. The molecular formula is H8CaO3. The second kappa shape index (κ2) is 31.4. The van der Waals surface area contributed by atoms with E-state index in [1.54, 1.807) is 0 Å². The Balaban J connectivity index is 0. The number of hydrogen-bond donors (Lipinski definition) is 0. The van der Waals surface area contributed by atoms with E-state index in [0.717, 1.165) is 0 Å². The normalized spacial score (nSPS) is 0. The molecule has 28 valence electrons. The van der Waals surface area contributed by atoms with Crippen molar-refractivity contribution in [3.05, 3.63) is 0 Å². The van der Waals surface area contributed by atoms with Crippen molar-refractivity contribution in [2.75, 3.05) is 0 Å². The summed E-state index contributed by atoms with van der Waals surface area (Å²) in [5.41, 5.74) is 0. The molecule has 0 amide bonds. The Morgan fingerprint density at radius 1 is 0.500 bits per heavy atom. The third-order valence-electron chi connectivity index (χ3n) is 0. The molecule has 0 fully saturated rings. The Bertz CT molecular complexity index is 3.25. The van der Waals surface area contributed by atoms with Gasteiger partial charge in [-0.05, 0) is 0 Å². The maximum atomic E-state index is 0. The summed E-state index contributed by atoms with van der Waals surface area (Å²) >= 11 is 0. The molecule has 0 unspecified atom stereocenters. The van der Waals surface area contributed by atoms with Gasteiger partial charge in [0.05, 0.1) is 0 Å². The van der Waals surface area contributed by atoms with Gasteiger partial charge in [0.1, 0.15) is 0 Å². The first-order chi connectivity index (χ1) is 0. The zero-order valence-corrected chi connectivity index (χ0v) is 1.50. The van der Waals surface area contributed by atoms with Crippen molar-refractivity contribution in [1.29, 1.82) is 0 Å². The van der Waals surface area contributed by atoms with E-state index in [0.29, 0.717) is 0 Å². The van der Waals surface area contributed by atoms with Crippen LogP contribution in [0.4, 0.5) is 0 Å². The van der Waals surface area contributed by atoms with E-state index in [4.69, 9.17) is 0 Å². The summed E-state index contributed by atoms with van der Waals surface area (Å²) < 4.78 is 0. The van der Waals surface area contributed by atoms with Crippen molar-refractivity contribution in [3.8, 4) is 0 Å². The molecule has 0 saturated heterocycles. The molecule has 0 aromatic heterocycles. The van der Waals surface area contributed by atoms with E-state index < -0.39 is 0 Å². The summed E-state index contributed by atoms with van der Waals surface area (Å²) in [7, 11) is 0. The molecule has 4 heteroatoms. The van der Waals surface area contributed by atoms with E-state index in [1.165, 1.54) is 0 Å². The maximum absolute atomic E-state index is 0. The topological polar surface area (TPSA) is 94.5 Å². The van der Waals surface area contributed by atoms with Crippen LogP contribution in [0.2, 0.25) is 0 Å². The van der Waals surface area contributed by atoms with E-state index in [-0.39, 0.29) is 54.2 Å². The first-order valence-corrected chi connectivity index (χ1v) is 0. The van der Waals surface area contributed by atoms with Gasteiger partial charge in [-0.15, -0.1) is 0 Å². The van der Waals surface area contributed by atoms with Crippen LogP contribution < -0.4 is 0 Å². The minimum atomic E-state index is 0.